The molecular formula is C19H27BrIN3O4Si. The van der Waals surface area contributed by atoms with Crippen LogP contribution in [0.25, 0.3) is 0 Å². The molecule has 29 heavy (non-hydrogen) atoms. The van der Waals surface area contributed by atoms with Crippen LogP contribution < -0.4 is 4.74 Å². The van der Waals surface area contributed by atoms with Crippen molar-refractivity contribution in [2.75, 3.05) is 13.2 Å². The van der Waals surface area contributed by atoms with Crippen LogP contribution in [-0.4, -0.2) is 36.0 Å². The van der Waals surface area contributed by atoms with Crippen molar-refractivity contribution in [1.29, 1.82) is 0 Å². The molecule has 1 atom stereocenters. The minimum Gasteiger partial charge on any atom is -0.493 e. The van der Waals surface area contributed by atoms with Crippen molar-refractivity contribution in [3.8, 4) is 5.75 Å². The van der Waals surface area contributed by atoms with Gasteiger partial charge in [0.2, 0.25) is 0 Å². The van der Waals surface area contributed by atoms with Crippen molar-refractivity contribution >= 4 is 52.7 Å². The second kappa shape index (κ2) is 9.88. The third-order valence-electron chi connectivity index (χ3n) is 5.14. The number of imidazole rings is 1. The first-order chi connectivity index (χ1) is 13.4. The van der Waals surface area contributed by atoms with E-state index >= 15 is 0 Å². The van der Waals surface area contributed by atoms with E-state index in [9.17, 15) is 10.1 Å². The molecule has 0 fully saturated rings. The largest absolute Gasteiger partial charge is 0.493 e. The van der Waals surface area contributed by atoms with Gasteiger partial charge in [-0.2, -0.15) is 0 Å². The van der Waals surface area contributed by atoms with Gasteiger partial charge in [-0.25, -0.2) is 0 Å². The Morgan fingerprint density at radius 1 is 1.28 bits per heavy atom. The number of hydrogen-bond acceptors (Lipinski definition) is 5. The van der Waals surface area contributed by atoms with E-state index in [-0.39, 0.29) is 16.8 Å². The number of benzene rings is 1. The predicted octanol–water partition coefficient (Wildman–Crippen LogP) is 5.88. The molecule has 7 nitrogen and oxygen atoms in total. The Kier molecular flexibility index (Phi) is 8.28. The summed E-state index contributed by atoms with van der Waals surface area (Å²) in [6.07, 6.45) is 1.44. The molecule has 0 bridgehead atoms. The topological polar surface area (TPSA) is 79.4 Å². The zero-order chi connectivity index (χ0) is 21.8. The fraction of sp³-hybridized carbons (Fsp3) is 0.526. The SMILES string of the molecule is CC(C)(C)[Si](C)(C)OCC(COc1ccc(I)cc1)Cn1cc([N+](=O)[O-])nc1Br. The summed E-state index contributed by atoms with van der Waals surface area (Å²) in [7, 11) is -1.93. The Morgan fingerprint density at radius 3 is 2.41 bits per heavy atom. The van der Waals surface area contributed by atoms with E-state index in [1.807, 2.05) is 24.3 Å². The summed E-state index contributed by atoms with van der Waals surface area (Å²) in [6, 6.07) is 7.86. The van der Waals surface area contributed by atoms with Crippen LogP contribution in [0.2, 0.25) is 18.1 Å². The molecule has 0 aliphatic heterocycles. The van der Waals surface area contributed by atoms with Crippen molar-refractivity contribution in [2.24, 2.45) is 5.92 Å². The van der Waals surface area contributed by atoms with E-state index in [2.05, 4.69) is 77.4 Å². The lowest BCUT2D eigenvalue weighted by molar-refractivity contribution is -0.389. The second-order valence-corrected chi connectivity index (χ2v) is 15.2. The highest BCUT2D eigenvalue weighted by Gasteiger charge is 2.37. The average molecular weight is 596 g/mol. The summed E-state index contributed by atoms with van der Waals surface area (Å²) >= 11 is 5.57. The average Bonchev–Trinajstić information content (AvgIpc) is 2.98. The van der Waals surface area contributed by atoms with Gasteiger partial charge in [0, 0.05) is 38.6 Å². The van der Waals surface area contributed by atoms with Crippen molar-refractivity contribution in [3.63, 3.8) is 0 Å². The second-order valence-electron chi connectivity index (χ2n) is 8.48. The molecule has 0 radical (unpaired) electrons. The highest BCUT2D eigenvalue weighted by molar-refractivity contribution is 14.1. The maximum Gasteiger partial charge on any atom is 0.382 e. The van der Waals surface area contributed by atoms with Gasteiger partial charge in [0.05, 0.1) is 6.61 Å². The van der Waals surface area contributed by atoms with Gasteiger partial charge in [-0.1, -0.05) is 20.8 Å². The summed E-state index contributed by atoms with van der Waals surface area (Å²) in [4.78, 5) is 14.5. The number of nitrogens with zero attached hydrogens (tertiary/aromatic N) is 3. The molecule has 0 saturated carbocycles. The maximum atomic E-state index is 11.0. The maximum absolute atomic E-state index is 11.0. The molecule has 1 aromatic heterocycles. The lowest BCUT2D eigenvalue weighted by atomic mass is 10.2. The summed E-state index contributed by atoms with van der Waals surface area (Å²) in [5.74, 6) is 0.617. The van der Waals surface area contributed by atoms with E-state index in [1.54, 1.807) is 4.57 Å². The lowest BCUT2D eigenvalue weighted by Gasteiger charge is -2.37. The number of halogens is 2. The Morgan fingerprint density at radius 2 is 1.90 bits per heavy atom. The van der Waals surface area contributed by atoms with Crippen molar-refractivity contribution in [2.45, 2.75) is 45.4 Å². The van der Waals surface area contributed by atoms with Gasteiger partial charge in [0.1, 0.15) is 11.9 Å². The molecule has 0 amide bonds. The molecule has 0 N–H and O–H groups in total. The third kappa shape index (κ3) is 7.04. The summed E-state index contributed by atoms with van der Waals surface area (Å²) in [5.41, 5.74) is 0. The smallest absolute Gasteiger partial charge is 0.382 e. The van der Waals surface area contributed by atoms with Gasteiger partial charge < -0.3 is 19.3 Å². The van der Waals surface area contributed by atoms with E-state index in [1.165, 1.54) is 6.20 Å². The van der Waals surface area contributed by atoms with E-state index in [0.29, 0.717) is 24.5 Å². The molecule has 0 spiro atoms. The van der Waals surface area contributed by atoms with Crippen LogP contribution in [0.5, 0.6) is 5.75 Å². The molecule has 160 valence electrons. The molecule has 10 heteroatoms. The molecular weight excluding hydrogens is 569 g/mol. The number of ether oxygens (including phenoxy) is 1. The van der Waals surface area contributed by atoms with Crippen LogP contribution in [0.4, 0.5) is 5.82 Å². The highest BCUT2D eigenvalue weighted by Crippen LogP contribution is 2.37. The molecule has 2 aromatic rings. The van der Waals surface area contributed by atoms with Crippen molar-refractivity contribution in [3.05, 3.63) is 48.9 Å². The molecule has 0 aliphatic rings. The summed E-state index contributed by atoms with van der Waals surface area (Å²) in [5, 5.41) is 11.1. The lowest BCUT2D eigenvalue weighted by Crippen LogP contribution is -2.42. The van der Waals surface area contributed by atoms with Crippen molar-refractivity contribution in [1.82, 2.24) is 9.55 Å². The van der Waals surface area contributed by atoms with Gasteiger partial charge in [0.25, 0.3) is 4.73 Å². The normalized spacial score (nSPS) is 13.3. The van der Waals surface area contributed by atoms with Gasteiger partial charge >= 0.3 is 5.82 Å². The van der Waals surface area contributed by atoms with E-state index < -0.39 is 13.2 Å². The number of nitro groups is 1. The van der Waals surface area contributed by atoms with Gasteiger partial charge in [0.15, 0.2) is 8.32 Å². The first-order valence-electron chi connectivity index (χ1n) is 9.28. The Balaban J connectivity index is 2.13. The van der Waals surface area contributed by atoms with Crippen LogP contribution in [0, 0.1) is 19.6 Å². The summed E-state index contributed by atoms with van der Waals surface area (Å²) in [6.45, 7) is 12.5. The Labute approximate surface area is 194 Å². The zero-order valence-corrected chi connectivity index (χ0v) is 22.1. The fourth-order valence-electron chi connectivity index (χ4n) is 2.32. The van der Waals surface area contributed by atoms with Gasteiger partial charge in [-0.15, -0.1) is 0 Å². The first-order valence-corrected chi connectivity index (χ1v) is 14.1. The number of rotatable bonds is 9. The first kappa shape index (κ1) is 24.3. The van der Waals surface area contributed by atoms with Crippen LogP contribution in [0.1, 0.15) is 20.8 Å². The van der Waals surface area contributed by atoms with Gasteiger partial charge in [-0.05, 0) is 74.9 Å². The van der Waals surface area contributed by atoms with Crippen LogP contribution >= 0.6 is 38.5 Å². The standard InChI is InChI=1S/C19H27BrIN3O4Si/c1-19(2,3)29(4,5)28-13-14(12-27-16-8-6-15(21)7-9-16)10-23-11-17(24(25)26)22-18(23)20/h6-9,11,14H,10,12-13H2,1-5H3. The molecule has 2 rings (SSSR count). The third-order valence-corrected chi connectivity index (χ3v) is 11.0. The Hall–Kier alpha value is -0.983. The quantitative estimate of drug-likeness (QED) is 0.157. The molecule has 0 aliphatic carbocycles. The van der Waals surface area contributed by atoms with E-state index in [0.717, 1.165) is 9.32 Å². The van der Waals surface area contributed by atoms with E-state index in [4.69, 9.17) is 9.16 Å². The van der Waals surface area contributed by atoms with Crippen LogP contribution in [0.3, 0.4) is 0 Å². The fourth-order valence-corrected chi connectivity index (χ4v) is 4.19. The summed E-state index contributed by atoms with van der Waals surface area (Å²) < 4.78 is 15.7. The van der Waals surface area contributed by atoms with Gasteiger partial charge in [-0.3, -0.25) is 4.57 Å². The zero-order valence-electron chi connectivity index (χ0n) is 17.3. The Bertz CT molecular complexity index is 837. The minimum atomic E-state index is -1.93. The molecule has 1 unspecified atom stereocenters. The molecule has 0 saturated heterocycles. The molecule has 1 heterocycles. The monoisotopic (exact) mass is 595 g/mol. The predicted molar refractivity (Wildman–Crippen MR) is 128 cm³/mol. The van der Waals surface area contributed by atoms with Crippen molar-refractivity contribution < 1.29 is 14.1 Å². The van der Waals surface area contributed by atoms with Crippen LogP contribution in [0.15, 0.2) is 35.2 Å². The molecule has 1 aromatic carbocycles. The van der Waals surface area contributed by atoms with Crippen LogP contribution in [-0.2, 0) is 11.0 Å². The number of aromatic nitrogens is 2. The number of hydrogen-bond donors (Lipinski definition) is 0. The highest BCUT2D eigenvalue weighted by atomic mass is 127. The minimum absolute atomic E-state index is 0.00788.